The largest absolute Gasteiger partial charge is 0.477 e. The van der Waals surface area contributed by atoms with Gasteiger partial charge in [-0.25, -0.2) is 0 Å². The predicted molar refractivity (Wildman–Crippen MR) is 79.2 cm³/mol. The molecule has 0 bridgehead atoms. The second-order valence-corrected chi connectivity index (χ2v) is 4.22. The molecule has 1 aromatic carbocycles. The minimum atomic E-state index is -0.521. The zero-order valence-electron chi connectivity index (χ0n) is 11.9. The number of nitrogens with zero attached hydrogens (tertiary/aromatic N) is 1. The summed E-state index contributed by atoms with van der Waals surface area (Å²) >= 11 is 0. The first-order valence-corrected chi connectivity index (χ1v) is 6.57. The van der Waals surface area contributed by atoms with E-state index in [-0.39, 0.29) is 24.0 Å². The highest BCUT2D eigenvalue weighted by Crippen LogP contribution is 2.27. The molecule has 0 fully saturated rings. The van der Waals surface area contributed by atoms with Crippen molar-refractivity contribution < 1.29 is 14.5 Å². The van der Waals surface area contributed by atoms with Crippen LogP contribution < -0.4 is 15.4 Å². The highest BCUT2D eigenvalue weighted by atomic mass is 16.6. The van der Waals surface area contributed by atoms with Crippen LogP contribution in [-0.4, -0.2) is 30.5 Å². The van der Waals surface area contributed by atoms with Gasteiger partial charge in [-0.15, -0.1) is 6.58 Å². The van der Waals surface area contributed by atoms with Crippen molar-refractivity contribution in [1.29, 1.82) is 0 Å². The summed E-state index contributed by atoms with van der Waals surface area (Å²) in [5.74, 6) is -0.282. The number of hydrogen-bond donors (Lipinski definition) is 2. The maximum Gasteiger partial charge on any atom is 0.311 e. The highest BCUT2D eigenvalue weighted by molar-refractivity contribution is 5.77. The van der Waals surface area contributed by atoms with Crippen LogP contribution in [0.4, 0.5) is 5.69 Å². The van der Waals surface area contributed by atoms with Gasteiger partial charge in [0, 0.05) is 19.2 Å². The van der Waals surface area contributed by atoms with Gasteiger partial charge in [0.05, 0.1) is 4.92 Å². The Labute approximate surface area is 123 Å². The van der Waals surface area contributed by atoms with Crippen LogP contribution in [-0.2, 0) is 11.3 Å². The third-order valence-corrected chi connectivity index (χ3v) is 2.60. The van der Waals surface area contributed by atoms with Gasteiger partial charge in [0.2, 0.25) is 0 Å². The van der Waals surface area contributed by atoms with Crippen LogP contribution in [0.25, 0.3) is 0 Å². The zero-order chi connectivity index (χ0) is 15.7. The van der Waals surface area contributed by atoms with Crippen molar-refractivity contribution in [2.75, 3.05) is 19.7 Å². The molecule has 1 rings (SSSR count). The third-order valence-electron chi connectivity index (χ3n) is 2.60. The maximum absolute atomic E-state index is 11.4. The molecule has 21 heavy (non-hydrogen) atoms. The molecule has 1 amide bonds. The first-order valence-electron chi connectivity index (χ1n) is 6.57. The average Bonchev–Trinajstić information content (AvgIpc) is 2.48. The second-order valence-electron chi connectivity index (χ2n) is 4.22. The molecule has 0 unspecified atom stereocenters. The van der Waals surface area contributed by atoms with Crippen molar-refractivity contribution >= 4 is 11.6 Å². The molecule has 0 saturated heterocycles. The molecule has 114 valence electrons. The van der Waals surface area contributed by atoms with Crippen molar-refractivity contribution in [2.24, 2.45) is 0 Å². The molecule has 0 aliphatic rings. The van der Waals surface area contributed by atoms with Crippen molar-refractivity contribution in [3.05, 3.63) is 46.5 Å². The molecule has 0 heterocycles. The summed E-state index contributed by atoms with van der Waals surface area (Å²) in [5.41, 5.74) is 0.633. The monoisotopic (exact) mass is 293 g/mol. The number of nitrogens with one attached hydrogen (secondary N) is 2. The summed E-state index contributed by atoms with van der Waals surface area (Å²) in [6, 6.07) is 4.68. The first kappa shape index (κ1) is 16.6. The van der Waals surface area contributed by atoms with Gasteiger partial charge in [0.15, 0.2) is 12.4 Å². The Morgan fingerprint density at radius 1 is 1.52 bits per heavy atom. The van der Waals surface area contributed by atoms with Crippen molar-refractivity contribution in [1.82, 2.24) is 10.6 Å². The van der Waals surface area contributed by atoms with Gasteiger partial charge in [0.25, 0.3) is 5.91 Å². The smallest absolute Gasteiger partial charge is 0.311 e. The fourth-order valence-corrected chi connectivity index (χ4v) is 1.59. The van der Waals surface area contributed by atoms with E-state index in [4.69, 9.17) is 4.74 Å². The Morgan fingerprint density at radius 3 is 2.90 bits per heavy atom. The van der Waals surface area contributed by atoms with E-state index < -0.39 is 4.92 Å². The van der Waals surface area contributed by atoms with Gasteiger partial charge in [0.1, 0.15) is 0 Å². The van der Waals surface area contributed by atoms with E-state index in [0.717, 1.165) is 12.1 Å². The van der Waals surface area contributed by atoms with Crippen LogP contribution in [0, 0.1) is 10.1 Å². The molecule has 0 radical (unpaired) electrons. The van der Waals surface area contributed by atoms with Gasteiger partial charge in [-0.05, 0) is 18.2 Å². The van der Waals surface area contributed by atoms with Gasteiger partial charge in [-0.3, -0.25) is 14.9 Å². The van der Waals surface area contributed by atoms with Gasteiger partial charge in [-0.2, -0.15) is 0 Å². The summed E-state index contributed by atoms with van der Waals surface area (Å²) in [7, 11) is 0. The minimum Gasteiger partial charge on any atom is -0.477 e. The number of nitro groups is 1. The Hall–Kier alpha value is -2.41. The molecule has 0 aliphatic carbocycles. The van der Waals surface area contributed by atoms with Crippen LogP contribution in [0.1, 0.15) is 12.5 Å². The highest BCUT2D eigenvalue weighted by Gasteiger charge is 2.16. The van der Waals surface area contributed by atoms with Crippen molar-refractivity contribution in [3.63, 3.8) is 0 Å². The van der Waals surface area contributed by atoms with E-state index >= 15 is 0 Å². The number of hydrogen-bond acceptors (Lipinski definition) is 5. The summed E-state index contributed by atoms with van der Waals surface area (Å²) in [4.78, 5) is 21.9. The SMILES string of the molecule is C=CCNC(=O)COc1ccc(CNCC)cc1[N+](=O)[O-]. The van der Waals surface area contributed by atoms with Gasteiger partial charge < -0.3 is 15.4 Å². The lowest BCUT2D eigenvalue weighted by atomic mass is 10.2. The summed E-state index contributed by atoms with van der Waals surface area (Å²) < 4.78 is 5.21. The third kappa shape index (κ3) is 5.62. The lowest BCUT2D eigenvalue weighted by molar-refractivity contribution is -0.385. The first-order chi connectivity index (χ1) is 10.1. The fraction of sp³-hybridized carbons (Fsp3) is 0.357. The normalized spacial score (nSPS) is 9.95. The number of nitro benzene ring substituents is 1. The molecular formula is C14H19N3O4. The molecule has 1 aromatic rings. The molecule has 2 N–H and O–H groups in total. The van der Waals surface area contributed by atoms with Crippen molar-refractivity contribution in [2.45, 2.75) is 13.5 Å². The Morgan fingerprint density at radius 2 is 2.29 bits per heavy atom. The summed E-state index contributed by atoms with van der Waals surface area (Å²) in [6.45, 7) is 6.78. The van der Waals surface area contributed by atoms with E-state index in [1.807, 2.05) is 6.92 Å². The zero-order valence-corrected chi connectivity index (χ0v) is 11.9. The molecule has 0 spiro atoms. The molecule has 7 heteroatoms. The summed E-state index contributed by atoms with van der Waals surface area (Å²) in [6.07, 6.45) is 1.54. The Bertz CT molecular complexity index is 517. The quantitative estimate of drug-likeness (QED) is 0.407. The molecule has 0 atom stereocenters. The van der Waals surface area contributed by atoms with Crippen LogP contribution in [0.2, 0.25) is 0 Å². The van der Waals surface area contributed by atoms with Crippen molar-refractivity contribution in [3.8, 4) is 5.75 Å². The Balaban J connectivity index is 2.74. The molecule has 0 aromatic heterocycles. The molecule has 0 saturated carbocycles. The molecule has 0 aliphatic heterocycles. The van der Waals surface area contributed by atoms with Crippen LogP contribution in [0.3, 0.4) is 0 Å². The number of rotatable bonds is 9. The van der Waals surface area contributed by atoms with E-state index in [1.54, 1.807) is 6.07 Å². The van der Waals surface area contributed by atoms with E-state index in [0.29, 0.717) is 13.1 Å². The lowest BCUT2D eigenvalue weighted by Crippen LogP contribution is -2.28. The Kier molecular flexibility index (Phi) is 6.90. The minimum absolute atomic E-state index is 0.0778. The number of amides is 1. The number of carbonyl (C=O) groups excluding carboxylic acids is 1. The molecular weight excluding hydrogens is 274 g/mol. The number of ether oxygens (including phenoxy) is 1. The number of carbonyl (C=O) groups is 1. The predicted octanol–water partition coefficient (Wildman–Crippen LogP) is 1.39. The summed E-state index contributed by atoms with van der Waals surface area (Å²) in [5, 5.41) is 16.7. The second kappa shape index (κ2) is 8.70. The van der Waals surface area contributed by atoms with Crippen LogP contribution in [0.5, 0.6) is 5.75 Å². The standard InChI is InChI=1S/C14H19N3O4/c1-3-7-16-14(18)10-21-13-6-5-11(9-15-4-2)8-12(13)17(19)20/h3,5-6,8,15H,1,4,7,9-10H2,2H3,(H,16,18). The number of benzene rings is 1. The van der Waals surface area contributed by atoms with E-state index in [2.05, 4.69) is 17.2 Å². The fourth-order valence-electron chi connectivity index (χ4n) is 1.59. The van der Waals surface area contributed by atoms with Crippen LogP contribution >= 0.6 is 0 Å². The van der Waals surface area contributed by atoms with Gasteiger partial charge >= 0.3 is 5.69 Å². The van der Waals surface area contributed by atoms with Crippen LogP contribution in [0.15, 0.2) is 30.9 Å². The molecule has 7 nitrogen and oxygen atoms in total. The van der Waals surface area contributed by atoms with Gasteiger partial charge in [-0.1, -0.05) is 19.1 Å². The van der Waals surface area contributed by atoms with E-state index in [9.17, 15) is 14.9 Å². The average molecular weight is 293 g/mol. The maximum atomic E-state index is 11.4. The lowest BCUT2D eigenvalue weighted by Gasteiger charge is -2.08. The van der Waals surface area contributed by atoms with E-state index in [1.165, 1.54) is 18.2 Å². The topological polar surface area (TPSA) is 93.5 Å².